The van der Waals surface area contributed by atoms with Gasteiger partial charge in [-0.1, -0.05) is 19.9 Å². The quantitative estimate of drug-likeness (QED) is 0.703. The summed E-state index contributed by atoms with van der Waals surface area (Å²) in [7, 11) is 0. The second kappa shape index (κ2) is 8.30. The summed E-state index contributed by atoms with van der Waals surface area (Å²) in [5, 5.41) is 23.5. The minimum absolute atomic E-state index is 0.0675. The normalized spacial score (nSPS) is 12.1. The lowest BCUT2D eigenvalue weighted by atomic mass is 9.90. The molecule has 1 aromatic carbocycles. The summed E-state index contributed by atoms with van der Waals surface area (Å²) < 4.78 is 0. The fraction of sp³-hybridized carbons (Fsp3) is 0.471. The predicted octanol–water partition coefficient (Wildman–Crippen LogP) is 1.20. The number of benzene rings is 1. The fourth-order valence-corrected chi connectivity index (χ4v) is 1.91. The van der Waals surface area contributed by atoms with E-state index in [0.29, 0.717) is 17.7 Å². The highest BCUT2D eigenvalue weighted by Crippen LogP contribution is 2.18. The van der Waals surface area contributed by atoms with Crippen LogP contribution in [0.1, 0.15) is 43.1 Å². The minimum atomic E-state index is -0.464. The lowest BCUT2D eigenvalue weighted by molar-refractivity contribution is -0.123. The zero-order valence-electron chi connectivity index (χ0n) is 13.7. The average molecular weight is 317 g/mol. The lowest BCUT2D eigenvalue weighted by Crippen LogP contribution is -2.42. The van der Waals surface area contributed by atoms with Crippen LogP contribution in [0.2, 0.25) is 0 Å². The molecule has 1 aromatic rings. The Hall–Kier alpha value is -2.39. The molecule has 0 unspecified atom stereocenters. The van der Waals surface area contributed by atoms with Crippen molar-refractivity contribution in [1.82, 2.24) is 10.6 Å². The molecule has 124 valence electrons. The summed E-state index contributed by atoms with van der Waals surface area (Å²) >= 11 is 0. The topological polar surface area (TPSA) is 102 Å². The minimum Gasteiger partial charge on any atom is -0.396 e. The number of hydrogen-bond acceptors (Lipinski definition) is 4. The number of aliphatic hydroxyl groups is 1. The van der Waals surface area contributed by atoms with Gasteiger partial charge in [-0.05, 0) is 30.5 Å². The van der Waals surface area contributed by atoms with Gasteiger partial charge in [-0.25, -0.2) is 0 Å². The van der Waals surface area contributed by atoms with Crippen LogP contribution in [-0.4, -0.2) is 36.1 Å². The van der Waals surface area contributed by atoms with Gasteiger partial charge in [-0.3, -0.25) is 9.59 Å². The van der Waals surface area contributed by atoms with Crippen molar-refractivity contribution in [2.75, 3.05) is 13.2 Å². The Labute approximate surface area is 136 Å². The van der Waals surface area contributed by atoms with Gasteiger partial charge in [-0.2, -0.15) is 5.26 Å². The predicted molar refractivity (Wildman–Crippen MR) is 86.6 cm³/mol. The molecule has 1 rings (SSSR count). The van der Waals surface area contributed by atoms with Crippen LogP contribution in [-0.2, 0) is 4.79 Å². The highest BCUT2D eigenvalue weighted by molar-refractivity contribution is 5.94. The monoisotopic (exact) mass is 317 g/mol. The van der Waals surface area contributed by atoms with Crippen LogP contribution in [0.5, 0.6) is 0 Å². The van der Waals surface area contributed by atoms with Gasteiger partial charge in [0.15, 0.2) is 0 Å². The molecule has 0 spiro atoms. The molecule has 0 saturated carbocycles. The molecule has 0 fully saturated rings. The van der Waals surface area contributed by atoms with E-state index in [-0.39, 0.29) is 30.9 Å². The Balaban J connectivity index is 2.47. The third-order valence-electron chi connectivity index (χ3n) is 3.30. The van der Waals surface area contributed by atoms with E-state index in [0.717, 1.165) is 0 Å². The first-order valence-electron chi connectivity index (χ1n) is 7.46. The molecule has 23 heavy (non-hydrogen) atoms. The number of carbonyl (C=O) groups is 2. The van der Waals surface area contributed by atoms with Gasteiger partial charge in [-0.15, -0.1) is 0 Å². The number of nitrogens with one attached hydrogen (secondary N) is 2. The maximum atomic E-state index is 12.1. The lowest BCUT2D eigenvalue weighted by Gasteiger charge is -2.21. The number of nitriles is 1. The average Bonchev–Trinajstić information content (AvgIpc) is 2.52. The maximum absolute atomic E-state index is 12.1. The van der Waals surface area contributed by atoms with Gasteiger partial charge in [0.25, 0.3) is 5.91 Å². The van der Waals surface area contributed by atoms with E-state index >= 15 is 0 Å². The summed E-state index contributed by atoms with van der Waals surface area (Å²) in [5.41, 5.74) is 0.363. The number of carbonyl (C=O) groups excluding carboxylic acids is 2. The summed E-state index contributed by atoms with van der Waals surface area (Å²) in [6.45, 7) is 5.62. The third kappa shape index (κ3) is 6.49. The van der Waals surface area contributed by atoms with Crippen molar-refractivity contribution in [2.45, 2.75) is 33.2 Å². The van der Waals surface area contributed by atoms with E-state index in [1.54, 1.807) is 39.0 Å². The highest BCUT2D eigenvalue weighted by atomic mass is 16.3. The Kier molecular flexibility index (Phi) is 6.73. The molecule has 6 heteroatoms. The van der Waals surface area contributed by atoms with Crippen molar-refractivity contribution < 1.29 is 14.7 Å². The van der Waals surface area contributed by atoms with Gasteiger partial charge in [0.05, 0.1) is 11.6 Å². The molecule has 0 heterocycles. The van der Waals surface area contributed by atoms with E-state index in [1.165, 1.54) is 6.07 Å². The molecule has 3 N–H and O–H groups in total. The first-order valence-corrected chi connectivity index (χ1v) is 7.46. The second-order valence-corrected chi connectivity index (χ2v) is 6.37. The fourth-order valence-electron chi connectivity index (χ4n) is 1.91. The molecule has 0 aliphatic carbocycles. The van der Waals surface area contributed by atoms with E-state index < -0.39 is 5.41 Å². The van der Waals surface area contributed by atoms with Crippen molar-refractivity contribution in [3.05, 3.63) is 35.4 Å². The van der Waals surface area contributed by atoms with Crippen LogP contribution in [0.15, 0.2) is 24.3 Å². The second-order valence-electron chi connectivity index (χ2n) is 6.37. The molecule has 0 aliphatic rings. The smallest absolute Gasteiger partial charge is 0.251 e. The van der Waals surface area contributed by atoms with Crippen LogP contribution >= 0.6 is 0 Å². The molecule has 0 aliphatic heterocycles. The highest BCUT2D eigenvalue weighted by Gasteiger charge is 2.21. The Morgan fingerprint density at radius 3 is 2.70 bits per heavy atom. The van der Waals surface area contributed by atoms with E-state index in [9.17, 15) is 9.59 Å². The summed E-state index contributed by atoms with van der Waals surface area (Å²) in [6, 6.07) is 8.16. The Morgan fingerprint density at radius 1 is 1.39 bits per heavy atom. The van der Waals surface area contributed by atoms with Crippen molar-refractivity contribution in [2.24, 2.45) is 5.41 Å². The van der Waals surface area contributed by atoms with Gasteiger partial charge in [0.2, 0.25) is 5.91 Å². The molecule has 0 saturated heterocycles. The molecule has 2 amide bonds. The van der Waals surface area contributed by atoms with E-state index in [4.69, 9.17) is 10.4 Å². The zero-order chi connectivity index (χ0) is 17.5. The largest absolute Gasteiger partial charge is 0.396 e. The SMILES string of the molecule is C[C@@H](CNC(=O)CC(C)(C)CO)NC(=O)c1cccc(C#N)c1. The van der Waals surface area contributed by atoms with Gasteiger partial charge in [0.1, 0.15) is 0 Å². The number of aliphatic hydroxyl groups excluding tert-OH is 1. The number of nitrogens with zero attached hydrogens (tertiary/aromatic N) is 1. The zero-order valence-corrected chi connectivity index (χ0v) is 13.7. The van der Waals surface area contributed by atoms with Crippen LogP contribution in [0, 0.1) is 16.7 Å². The summed E-state index contributed by atoms with van der Waals surface area (Å²) in [6.07, 6.45) is 0.217. The summed E-state index contributed by atoms with van der Waals surface area (Å²) in [5.74, 6) is -0.462. The van der Waals surface area contributed by atoms with E-state index in [1.807, 2.05) is 6.07 Å². The Bertz CT molecular complexity index is 605. The Morgan fingerprint density at radius 2 is 2.09 bits per heavy atom. The molecular formula is C17H23N3O3. The van der Waals surface area contributed by atoms with Crippen LogP contribution < -0.4 is 10.6 Å². The molecule has 0 radical (unpaired) electrons. The molecule has 0 bridgehead atoms. The van der Waals surface area contributed by atoms with Crippen LogP contribution in [0.4, 0.5) is 0 Å². The molecule has 0 aromatic heterocycles. The van der Waals surface area contributed by atoms with Crippen molar-refractivity contribution in [3.8, 4) is 6.07 Å². The molecule has 1 atom stereocenters. The van der Waals surface area contributed by atoms with Crippen molar-refractivity contribution in [1.29, 1.82) is 5.26 Å². The standard InChI is InChI=1S/C17H23N3O3/c1-12(10-19-15(22)8-17(2,3)11-21)20-16(23)14-6-4-5-13(7-14)9-18/h4-7,12,21H,8,10-11H2,1-3H3,(H,19,22)(H,20,23)/t12-/m0/s1. The van der Waals surface area contributed by atoms with Crippen molar-refractivity contribution >= 4 is 11.8 Å². The number of amides is 2. The van der Waals surface area contributed by atoms with Crippen LogP contribution in [0.25, 0.3) is 0 Å². The first-order chi connectivity index (χ1) is 10.8. The third-order valence-corrected chi connectivity index (χ3v) is 3.30. The van der Waals surface area contributed by atoms with Crippen molar-refractivity contribution in [3.63, 3.8) is 0 Å². The summed E-state index contributed by atoms with van der Waals surface area (Å²) in [4.78, 5) is 23.9. The first kappa shape index (κ1) is 18.7. The number of rotatable bonds is 7. The van der Waals surface area contributed by atoms with Gasteiger partial charge in [0, 0.05) is 31.2 Å². The van der Waals surface area contributed by atoms with Crippen LogP contribution in [0.3, 0.4) is 0 Å². The molecule has 6 nitrogen and oxygen atoms in total. The maximum Gasteiger partial charge on any atom is 0.251 e. The number of hydrogen-bond donors (Lipinski definition) is 3. The van der Waals surface area contributed by atoms with E-state index in [2.05, 4.69) is 10.6 Å². The van der Waals surface area contributed by atoms with Gasteiger partial charge >= 0.3 is 0 Å². The molecular weight excluding hydrogens is 294 g/mol. The van der Waals surface area contributed by atoms with Gasteiger partial charge < -0.3 is 15.7 Å².